The molecule has 0 atom stereocenters. The van der Waals surface area contributed by atoms with Gasteiger partial charge in [0, 0.05) is 0 Å². The molecule has 0 heterocycles. The topological polar surface area (TPSA) is 80.3 Å². The number of hydrogen-bond donors (Lipinski definition) is 0. The van der Waals surface area contributed by atoms with Crippen LogP contribution in [0.25, 0.3) is 0 Å². The molecular formula is C4H2Cs2O4. The Bertz CT molecular complexity index is 126. The van der Waals surface area contributed by atoms with Crippen LogP contribution >= 0.6 is 0 Å². The maximum atomic E-state index is 9.41. The summed E-state index contributed by atoms with van der Waals surface area (Å²) in [4.78, 5) is 18.8. The molecule has 0 radical (unpaired) electrons. The molecule has 0 aliphatic heterocycles. The molecule has 6 heteroatoms. The number of carboxylic acid groups (broad SMARTS) is 2. The second-order valence-electron chi connectivity index (χ2n) is 0.971. The van der Waals surface area contributed by atoms with Crippen molar-refractivity contribution in [1.29, 1.82) is 0 Å². The molecule has 0 aliphatic carbocycles. The summed E-state index contributed by atoms with van der Waals surface area (Å²) in [5.74, 6) is -3.09. The van der Waals surface area contributed by atoms with E-state index < -0.39 is 11.9 Å². The predicted molar refractivity (Wildman–Crippen MR) is 19.2 cm³/mol. The van der Waals surface area contributed by atoms with E-state index in [-0.39, 0.29) is 138 Å². The van der Waals surface area contributed by atoms with Crippen molar-refractivity contribution in [2.24, 2.45) is 0 Å². The SMILES string of the molecule is O=C([O-])/C=C\C(=O)[O-].[Cs+].[Cs+]. The Morgan fingerprint density at radius 1 is 0.900 bits per heavy atom. The molecule has 0 amide bonds. The molecule has 0 aromatic carbocycles. The summed E-state index contributed by atoms with van der Waals surface area (Å²) in [6, 6.07) is 0. The summed E-state index contributed by atoms with van der Waals surface area (Å²) < 4.78 is 0. The minimum Gasteiger partial charge on any atom is -0.545 e. The smallest absolute Gasteiger partial charge is 0.545 e. The summed E-state index contributed by atoms with van der Waals surface area (Å²) in [6.45, 7) is 0. The van der Waals surface area contributed by atoms with E-state index in [2.05, 4.69) is 0 Å². The number of carboxylic acids is 2. The molecule has 44 valence electrons. The third-order valence-corrected chi connectivity index (χ3v) is 0.355. The van der Waals surface area contributed by atoms with Gasteiger partial charge in [0.2, 0.25) is 0 Å². The number of aliphatic carboxylic acids is 2. The predicted octanol–water partition coefficient (Wildman–Crippen LogP) is -8.95. The summed E-state index contributed by atoms with van der Waals surface area (Å²) in [5, 5.41) is 18.8. The molecule has 0 bridgehead atoms. The first kappa shape index (κ1) is 18.5. The Balaban J connectivity index is -0.000000245. The zero-order valence-electron chi connectivity index (χ0n) is 5.79. The first-order valence-corrected chi connectivity index (χ1v) is 1.73. The molecular weight excluding hydrogens is 378 g/mol. The van der Waals surface area contributed by atoms with Crippen LogP contribution in [0, 0.1) is 0 Å². The van der Waals surface area contributed by atoms with Gasteiger partial charge in [0.15, 0.2) is 0 Å². The molecule has 0 aliphatic rings. The third kappa shape index (κ3) is 17.0. The van der Waals surface area contributed by atoms with E-state index in [0.29, 0.717) is 12.2 Å². The van der Waals surface area contributed by atoms with E-state index in [9.17, 15) is 19.8 Å². The molecule has 10 heavy (non-hydrogen) atoms. The van der Waals surface area contributed by atoms with Gasteiger partial charge in [0.25, 0.3) is 0 Å². The van der Waals surface area contributed by atoms with Crippen LogP contribution < -0.4 is 148 Å². The maximum absolute atomic E-state index is 9.41. The van der Waals surface area contributed by atoms with Gasteiger partial charge in [-0.2, -0.15) is 0 Å². The van der Waals surface area contributed by atoms with Gasteiger partial charge in [-0.1, -0.05) is 0 Å². The average Bonchev–Trinajstić information content (AvgIpc) is 1.61. The molecule has 4 nitrogen and oxygen atoms in total. The van der Waals surface area contributed by atoms with E-state index in [0.717, 1.165) is 0 Å². The van der Waals surface area contributed by atoms with E-state index in [1.54, 1.807) is 0 Å². The van der Waals surface area contributed by atoms with Gasteiger partial charge in [0.05, 0.1) is 11.9 Å². The van der Waals surface area contributed by atoms with Crippen molar-refractivity contribution in [3.63, 3.8) is 0 Å². The normalized spacial score (nSPS) is 7.60. The van der Waals surface area contributed by atoms with Crippen LogP contribution in [0.5, 0.6) is 0 Å². The number of carbonyl (C=O) groups is 2. The van der Waals surface area contributed by atoms with E-state index in [4.69, 9.17) is 0 Å². The Kier molecular flexibility index (Phi) is 21.9. The van der Waals surface area contributed by atoms with Crippen LogP contribution in [-0.2, 0) is 9.59 Å². The molecule has 0 unspecified atom stereocenters. The van der Waals surface area contributed by atoms with Crippen molar-refractivity contribution >= 4 is 11.9 Å². The van der Waals surface area contributed by atoms with Gasteiger partial charge < -0.3 is 19.8 Å². The largest absolute Gasteiger partial charge is 1.00 e. The second-order valence-corrected chi connectivity index (χ2v) is 0.971. The molecule has 0 saturated carbocycles. The average molecular weight is 380 g/mol. The van der Waals surface area contributed by atoms with Crippen LogP contribution in [0.15, 0.2) is 12.2 Å². The molecule has 0 fully saturated rings. The fourth-order valence-corrected chi connectivity index (χ4v) is 0.136. The van der Waals surface area contributed by atoms with E-state index in [1.807, 2.05) is 0 Å². The monoisotopic (exact) mass is 380 g/mol. The number of carbonyl (C=O) groups excluding carboxylic acids is 2. The molecule has 0 rings (SSSR count). The summed E-state index contributed by atoms with van der Waals surface area (Å²) in [6.07, 6.45) is 0.769. The van der Waals surface area contributed by atoms with E-state index >= 15 is 0 Å². The standard InChI is InChI=1S/C4H4O4.2Cs/c5-3(6)1-2-4(7)8;;/h1-2H,(H,5,6)(H,7,8);;/q;2*+1/p-2/b2-1-;;. The van der Waals surface area contributed by atoms with Gasteiger partial charge in [-0.15, -0.1) is 0 Å². The Hall–Kier alpha value is 2.78. The molecule has 0 aromatic heterocycles. The Labute approximate surface area is 176 Å². The quantitative estimate of drug-likeness (QED) is 0.446. The molecule has 0 saturated heterocycles. The summed E-state index contributed by atoms with van der Waals surface area (Å²) in [7, 11) is 0. The van der Waals surface area contributed by atoms with Crippen LogP contribution in [0.4, 0.5) is 0 Å². The van der Waals surface area contributed by atoms with Crippen molar-refractivity contribution < 1.29 is 158 Å². The zero-order chi connectivity index (χ0) is 6.57. The number of hydrogen-bond acceptors (Lipinski definition) is 4. The fraction of sp³-hybridized carbons (Fsp3) is 0. The minimum atomic E-state index is -1.55. The minimum absolute atomic E-state index is 0. The summed E-state index contributed by atoms with van der Waals surface area (Å²) >= 11 is 0. The summed E-state index contributed by atoms with van der Waals surface area (Å²) in [5.41, 5.74) is 0. The van der Waals surface area contributed by atoms with Crippen LogP contribution in [0.2, 0.25) is 0 Å². The number of rotatable bonds is 2. The van der Waals surface area contributed by atoms with Gasteiger partial charge in [0.1, 0.15) is 0 Å². The fourth-order valence-electron chi connectivity index (χ4n) is 0.136. The maximum Gasteiger partial charge on any atom is 1.00 e. The van der Waals surface area contributed by atoms with Gasteiger partial charge >= 0.3 is 138 Å². The van der Waals surface area contributed by atoms with Crippen molar-refractivity contribution in [1.82, 2.24) is 0 Å². The molecule has 0 aromatic rings. The van der Waals surface area contributed by atoms with Gasteiger partial charge in [-0.3, -0.25) is 0 Å². The van der Waals surface area contributed by atoms with Crippen LogP contribution in [0.1, 0.15) is 0 Å². The van der Waals surface area contributed by atoms with Crippen LogP contribution in [0.3, 0.4) is 0 Å². The molecule has 0 spiro atoms. The van der Waals surface area contributed by atoms with Crippen molar-refractivity contribution in [2.45, 2.75) is 0 Å². The molecule has 0 N–H and O–H groups in total. The second kappa shape index (κ2) is 11.8. The van der Waals surface area contributed by atoms with Crippen molar-refractivity contribution in [3.05, 3.63) is 12.2 Å². The van der Waals surface area contributed by atoms with E-state index in [1.165, 1.54) is 0 Å². The van der Waals surface area contributed by atoms with Crippen molar-refractivity contribution in [2.75, 3.05) is 0 Å². The first-order chi connectivity index (χ1) is 3.63. The zero-order valence-corrected chi connectivity index (χ0v) is 18.3. The first-order valence-electron chi connectivity index (χ1n) is 1.73. The third-order valence-electron chi connectivity index (χ3n) is 0.355. The Morgan fingerprint density at radius 3 is 1.20 bits per heavy atom. The van der Waals surface area contributed by atoms with Gasteiger partial charge in [-0.25, -0.2) is 0 Å². The Morgan fingerprint density at radius 2 is 1.10 bits per heavy atom. The van der Waals surface area contributed by atoms with Crippen LogP contribution in [-0.4, -0.2) is 11.9 Å². The van der Waals surface area contributed by atoms with Crippen molar-refractivity contribution in [3.8, 4) is 0 Å². The van der Waals surface area contributed by atoms with Gasteiger partial charge in [-0.05, 0) is 12.2 Å².